The van der Waals surface area contributed by atoms with Gasteiger partial charge in [-0.1, -0.05) is 6.58 Å². The average molecular weight is 547 g/mol. The quantitative estimate of drug-likeness (QED) is 0.151. The molecule has 0 spiro atoms. The van der Waals surface area contributed by atoms with Gasteiger partial charge >= 0.3 is 19.9 Å². The van der Waals surface area contributed by atoms with E-state index < -0.39 is 57.6 Å². The Kier molecular flexibility index (Phi) is 11.1. The zero-order chi connectivity index (χ0) is 27.6. The van der Waals surface area contributed by atoms with Gasteiger partial charge in [-0.3, -0.25) is 23.4 Å². The molecule has 2 aromatic rings. The van der Waals surface area contributed by atoms with Gasteiger partial charge in [-0.15, -0.1) is 0 Å². The van der Waals surface area contributed by atoms with Crippen LogP contribution < -0.4 is 11.3 Å². The van der Waals surface area contributed by atoms with E-state index in [0.29, 0.717) is 5.57 Å². The highest BCUT2D eigenvalue weighted by Gasteiger charge is 2.28. The molecule has 0 saturated carbocycles. The molecule has 0 radical (unpaired) electrons. The number of fused-ring (bicyclic) bond motifs is 1. The molecule has 0 aliphatic rings. The zero-order valence-electron chi connectivity index (χ0n) is 20.8. The van der Waals surface area contributed by atoms with Crippen LogP contribution in [0.3, 0.4) is 0 Å². The lowest BCUT2D eigenvalue weighted by Crippen LogP contribution is -2.17. The number of ether oxygens (including phenoxy) is 5. The first kappa shape index (κ1) is 29.8. The van der Waals surface area contributed by atoms with Crippen molar-refractivity contribution < 1.29 is 46.9 Å². The van der Waals surface area contributed by atoms with Gasteiger partial charge in [0, 0.05) is 6.54 Å². The second-order valence-electron chi connectivity index (χ2n) is 7.95. The molecule has 2 aromatic heterocycles. The molecule has 0 fully saturated rings. The van der Waals surface area contributed by atoms with E-state index in [-0.39, 0.29) is 30.3 Å². The maximum atomic E-state index is 13.0. The first-order valence-corrected chi connectivity index (χ1v) is 12.6. The molecule has 17 heteroatoms. The number of nitrogens with one attached hydrogen (secondary N) is 1. The summed E-state index contributed by atoms with van der Waals surface area (Å²) in [5, 5.41) is 0. The number of aromatic nitrogens is 4. The maximum absolute atomic E-state index is 13.0. The van der Waals surface area contributed by atoms with E-state index >= 15 is 0 Å². The lowest BCUT2D eigenvalue weighted by molar-refractivity contribution is -0.0339. The molecular formula is C20H30N5O11P. The molecule has 2 rings (SSSR count). The van der Waals surface area contributed by atoms with Gasteiger partial charge in [-0.2, -0.15) is 4.98 Å². The van der Waals surface area contributed by atoms with E-state index in [1.807, 2.05) is 0 Å². The first-order valence-electron chi connectivity index (χ1n) is 10.9. The van der Waals surface area contributed by atoms with Crippen molar-refractivity contribution >= 4 is 37.0 Å². The van der Waals surface area contributed by atoms with Gasteiger partial charge in [0.1, 0.15) is 6.35 Å². The summed E-state index contributed by atoms with van der Waals surface area (Å²) in [5.41, 5.74) is 5.91. The topological polar surface area (TPSA) is 205 Å². The van der Waals surface area contributed by atoms with Crippen molar-refractivity contribution in [2.24, 2.45) is 0 Å². The normalized spacial score (nSPS) is 11.6. The van der Waals surface area contributed by atoms with Crippen molar-refractivity contribution in [2.45, 2.75) is 46.4 Å². The molecule has 0 atom stereocenters. The number of nitrogen functional groups attached to an aromatic ring is 1. The Morgan fingerprint density at radius 3 is 2.22 bits per heavy atom. The number of nitrogens with zero attached hydrogens (tertiary/aromatic N) is 3. The number of aromatic amines is 1. The summed E-state index contributed by atoms with van der Waals surface area (Å²) in [7, 11) is -4.10. The Labute approximate surface area is 211 Å². The minimum absolute atomic E-state index is 0.0738. The molecule has 0 amide bonds. The average Bonchev–Trinajstić information content (AvgIpc) is 3.15. The standard InChI is InChI=1S/C20H30N5O11P/c1-12(2)35-19(27)31-9-33-37(29,34-10-32-20(28)36-13(3)4)11-30-7-14(5)6-25-8-22-15-16(25)23-18(21)24-17(15)26/h8,12-13H,5-7,9-11H2,1-4H3,(H3,21,23,24,26). The molecule has 0 unspecified atom stereocenters. The number of imidazole rings is 1. The number of anilines is 1. The summed E-state index contributed by atoms with van der Waals surface area (Å²) < 4.78 is 49.0. The fourth-order valence-electron chi connectivity index (χ4n) is 2.55. The molecule has 206 valence electrons. The summed E-state index contributed by atoms with van der Waals surface area (Å²) in [5.74, 6) is -0.0738. The van der Waals surface area contributed by atoms with Gasteiger partial charge in [0.15, 0.2) is 11.2 Å². The molecule has 0 aliphatic carbocycles. The van der Waals surface area contributed by atoms with Gasteiger partial charge in [0.05, 0.1) is 25.1 Å². The highest BCUT2D eigenvalue weighted by molar-refractivity contribution is 7.53. The summed E-state index contributed by atoms with van der Waals surface area (Å²) in [4.78, 5) is 45.3. The Bertz CT molecular complexity index is 1160. The van der Waals surface area contributed by atoms with Gasteiger partial charge in [0.2, 0.25) is 19.5 Å². The third kappa shape index (κ3) is 10.2. The van der Waals surface area contributed by atoms with Crippen LogP contribution in [0.5, 0.6) is 0 Å². The predicted molar refractivity (Wildman–Crippen MR) is 127 cm³/mol. The van der Waals surface area contributed by atoms with E-state index in [9.17, 15) is 18.9 Å². The van der Waals surface area contributed by atoms with E-state index in [1.54, 1.807) is 27.7 Å². The highest BCUT2D eigenvalue weighted by atomic mass is 31.2. The van der Waals surface area contributed by atoms with Crippen LogP contribution >= 0.6 is 7.60 Å². The Hall–Kier alpha value is -3.46. The number of rotatable bonds is 14. The van der Waals surface area contributed by atoms with Crippen molar-refractivity contribution in [1.29, 1.82) is 0 Å². The molecule has 3 N–H and O–H groups in total. The molecule has 0 bridgehead atoms. The number of carbonyl (C=O) groups excluding carboxylic acids is 2. The van der Waals surface area contributed by atoms with Crippen LogP contribution in [0.4, 0.5) is 15.5 Å². The number of hydrogen-bond donors (Lipinski definition) is 2. The molecule has 37 heavy (non-hydrogen) atoms. The summed E-state index contributed by atoms with van der Waals surface area (Å²) in [6.07, 6.45) is -2.21. The lowest BCUT2D eigenvalue weighted by atomic mass is 10.3. The van der Waals surface area contributed by atoms with E-state index in [0.717, 1.165) is 0 Å². The van der Waals surface area contributed by atoms with Crippen LogP contribution in [0.15, 0.2) is 23.3 Å². The maximum Gasteiger partial charge on any atom is 0.510 e. The second-order valence-corrected chi connectivity index (χ2v) is 9.95. The van der Waals surface area contributed by atoms with E-state index in [1.165, 1.54) is 10.9 Å². The minimum Gasteiger partial charge on any atom is -0.432 e. The number of hydrogen-bond acceptors (Lipinski definition) is 14. The van der Waals surface area contributed by atoms with Crippen LogP contribution in [0.1, 0.15) is 27.7 Å². The van der Waals surface area contributed by atoms with Crippen LogP contribution in [0.25, 0.3) is 11.2 Å². The van der Waals surface area contributed by atoms with Gasteiger partial charge < -0.3 is 34.0 Å². The van der Waals surface area contributed by atoms with Gasteiger partial charge in [0.25, 0.3) is 5.56 Å². The number of nitrogens with two attached hydrogens (primary N) is 1. The third-order valence-electron chi connectivity index (χ3n) is 3.96. The van der Waals surface area contributed by atoms with Gasteiger partial charge in [-0.25, -0.2) is 14.6 Å². The van der Waals surface area contributed by atoms with Gasteiger partial charge in [-0.05, 0) is 33.3 Å². The van der Waals surface area contributed by atoms with E-state index in [2.05, 4.69) is 31.0 Å². The van der Waals surface area contributed by atoms with Crippen LogP contribution in [-0.4, -0.2) is 70.6 Å². The molecule has 0 aliphatic heterocycles. The molecule has 0 aromatic carbocycles. The largest absolute Gasteiger partial charge is 0.510 e. The summed E-state index contributed by atoms with van der Waals surface area (Å²) in [6, 6.07) is 0. The predicted octanol–water partition coefficient (Wildman–Crippen LogP) is 2.50. The third-order valence-corrected chi connectivity index (χ3v) is 5.46. The Morgan fingerprint density at radius 2 is 1.68 bits per heavy atom. The molecule has 16 nitrogen and oxygen atoms in total. The molecule has 2 heterocycles. The summed E-state index contributed by atoms with van der Waals surface area (Å²) >= 11 is 0. The number of carbonyl (C=O) groups is 2. The molecular weight excluding hydrogens is 517 g/mol. The van der Waals surface area contributed by atoms with Crippen molar-refractivity contribution in [3.05, 3.63) is 28.8 Å². The Balaban J connectivity index is 1.93. The Morgan fingerprint density at radius 1 is 1.11 bits per heavy atom. The number of H-pyrrole nitrogens is 1. The zero-order valence-corrected chi connectivity index (χ0v) is 21.7. The highest BCUT2D eigenvalue weighted by Crippen LogP contribution is 2.48. The van der Waals surface area contributed by atoms with Crippen LogP contribution in [0.2, 0.25) is 0 Å². The second kappa shape index (κ2) is 13.7. The lowest BCUT2D eigenvalue weighted by Gasteiger charge is -2.19. The van der Waals surface area contributed by atoms with Crippen LogP contribution in [-0.2, 0) is 43.8 Å². The van der Waals surface area contributed by atoms with Crippen molar-refractivity contribution in [2.75, 3.05) is 32.3 Å². The van der Waals surface area contributed by atoms with Crippen molar-refractivity contribution in [1.82, 2.24) is 19.5 Å². The van der Waals surface area contributed by atoms with Crippen molar-refractivity contribution in [3.63, 3.8) is 0 Å². The fraction of sp³-hybridized carbons (Fsp3) is 0.550. The fourth-order valence-corrected chi connectivity index (χ4v) is 3.51. The monoisotopic (exact) mass is 547 g/mol. The molecule has 0 saturated heterocycles. The van der Waals surface area contributed by atoms with E-state index in [4.69, 9.17) is 29.0 Å². The van der Waals surface area contributed by atoms with Crippen LogP contribution in [0, 0.1) is 0 Å². The smallest absolute Gasteiger partial charge is 0.432 e. The first-order chi connectivity index (χ1) is 17.4. The SMILES string of the molecule is C=C(COCP(=O)(OCOC(=O)OC(C)C)OCOC(=O)OC(C)C)Cn1cnc2c(=O)[nH]c(N)nc21. The van der Waals surface area contributed by atoms with Crippen molar-refractivity contribution in [3.8, 4) is 0 Å². The minimum atomic E-state index is -4.10. The summed E-state index contributed by atoms with van der Waals surface area (Å²) in [6.45, 7) is 8.76.